The molecule has 0 amide bonds. The van der Waals surface area contributed by atoms with Crippen LogP contribution in [0.25, 0.3) is 11.1 Å². The maximum absolute atomic E-state index is 14.2. The van der Waals surface area contributed by atoms with E-state index in [4.69, 9.17) is 4.74 Å². The van der Waals surface area contributed by atoms with Crippen molar-refractivity contribution in [3.63, 3.8) is 0 Å². The summed E-state index contributed by atoms with van der Waals surface area (Å²) in [7, 11) is 0. The molecule has 2 rings (SSSR count). The van der Waals surface area contributed by atoms with Crippen molar-refractivity contribution in [2.75, 3.05) is 6.61 Å². The van der Waals surface area contributed by atoms with E-state index in [1.54, 1.807) is 25.1 Å². The second-order valence-corrected chi connectivity index (χ2v) is 5.55. The van der Waals surface area contributed by atoms with Gasteiger partial charge in [-0.05, 0) is 56.4 Å². The van der Waals surface area contributed by atoms with E-state index in [1.165, 1.54) is 19.1 Å². The summed E-state index contributed by atoms with van der Waals surface area (Å²) in [4.78, 5) is 0. The lowest BCUT2D eigenvalue weighted by Crippen LogP contribution is -1.98. The van der Waals surface area contributed by atoms with Crippen LogP contribution in [0.1, 0.15) is 32.3 Å². The summed E-state index contributed by atoms with van der Waals surface area (Å²) in [5, 5.41) is 0. The van der Waals surface area contributed by atoms with Crippen molar-refractivity contribution in [3.05, 3.63) is 65.5 Å². The molecule has 2 aromatic carbocycles. The molecule has 0 heterocycles. The average molecular weight is 334 g/mol. The Kier molecular flexibility index (Phi) is 6.47. The number of hydrogen-bond donors (Lipinski definition) is 0. The summed E-state index contributed by atoms with van der Waals surface area (Å²) in [6, 6.07) is 10.3. The van der Waals surface area contributed by atoms with Crippen molar-refractivity contribution >= 4 is 0 Å². The quantitative estimate of drug-likeness (QED) is 0.546. The minimum absolute atomic E-state index is 0.0772. The Bertz CT molecular complexity index is 702. The number of ether oxygens (including phenoxy) is 1. The first kappa shape index (κ1) is 18.1. The van der Waals surface area contributed by atoms with Crippen LogP contribution in [-0.2, 0) is 6.42 Å². The van der Waals surface area contributed by atoms with Gasteiger partial charge >= 0.3 is 0 Å². The fourth-order valence-corrected chi connectivity index (χ4v) is 2.48. The molecule has 0 aromatic heterocycles. The molecule has 128 valence electrons. The molecule has 0 aliphatic carbocycles. The Labute approximate surface area is 140 Å². The van der Waals surface area contributed by atoms with Crippen molar-refractivity contribution in [2.24, 2.45) is 0 Å². The lowest BCUT2D eigenvalue weighted by molar-refractivity contribution is 0.314. The number of aryl methyl sites for hydroxylation is 1. The average Bonchev–Trinajstić information content (AvgIpc) is 2.57. The van der Waals surface area contributed by atoms with Gasteiger partial charge in [-0.2, -0.15) is 4.39 Å². The first-order valence-corrected chi connectivity index (χ1v) is 8.05. The fraction of sp³-hybridized carbons (Fsp3) is 0.300. The predicted molar refractivity (Wildman–Crippen MR) is 90.8 cm³/mol. The van der Waals surface area contributed by atoms with Gasteiger partial charge in [-0.3, -0.25) is 0 Å². The van der Waals surface area contributed by atoms with Crippen LogP contribution in [0.15, 0.2) is 48.3 Å². The number of benzene rings is 2. The molecule has 1 nitrogen and oxygen atoms in total. The molecule has 0 aliphatic rings. The highest BCUT2D eigenvalue weighted by Gasteiger charge is 2.15. The molecule has 0 fully saturated rings. The van der Waals surface area contributed by atoms with E-state index in [0.29, 0.717) is 12.0 Å². The van der Waals surface area contributed by atoms with E-state index >= 15 is 0 Å². The van der Waals surface area contributed by atoms with Crippen molar-refractivity contribution in [1.82, 2.24) is 0 Å². The molecule has 0 saturated heterocycles. The Morgan fingerprint density at radius 3 is 2.38 bits per heavy atom. The van der Waals surface area contributed by atoms with E-state index in [-0.39, 0.29) is 23.7 Å². The monoisotopic (exact) mass is 334 g/mol. The topological polar surface area (TPSA) is 9.23 Å². The van der Waals surface area contributed by atoms with Gasteiger partial charge in [-0.25, -0.2) is 8.78 Å². The van der Waals surface area contributed by atoms with Crippen LogP contribution in [0.3, 0.4) is 0 Å². The molecule has 0 bridgehead atoms. The molecule has 0 unspecified atom stereocenters. The maximum atomic E-state index is 14.2. The first-order chi connectivity index (χ1) is 11.5. The van der Waals surface area contributed by atoms with Gasteiger partial charge in [-0.1, -0.05) is 30.3 Å². The SMILES string of the molecule is CCOc1ccc(-c2ccc(CCC/C=C(/C)F)cc2)c(F)c1F. The molecule has 2 aromatic rings. The largest absolute Gasteiger partial charge is 0.491 e. The zero-order chi connectivity index (χ0) is 17.5. The molecular formula is C20H21F3O. The summed E-state index contributed by atoms with van der Waals surface area (Å²) in [5.74, 6) is -2.12. The molecule has 0 spiro atoms. The summed E-state index contributed by atoms with van der Waals surface area (Å²) in [6.07, 6.45) is 3.89. The number of halogens is 3. The summed E-state index contributed by atoms with van der Waals surface area (Å²) in [5.41, 5.74) is 1.90. The van der Waals surface area contributed by atoms with Gasteiger partial charge < -0.3 is 4.74 Å². The molecule has 24 heavy (non-hydrogen) atoms. The van der Waals surface area contributed by atoms with Gasteiger partial charge in [0.05, 0.1) is 12.4 Å². The highest BCUT2D eigenvalue weighted by molar-refractivity contribution is 5.65. The Morgan fingerprint density at radius 2 is 1.75 bits per heavy atom. The summed E-state index contributed by atoms with van der Waals surface area (Å²) in [6.45, 7) is 3.43. The number of unbranched alkanes of at least 4 members (excludes halogenated alkanes) is 1. The standard InChI is InChI=1S/C20H21F3O/c1-3-24-18-13-12-17(19(22)20(18)23)16-10-8-15(9-11-16)7-5-4-6-14(2)21/h6,8-13H,3-5,7H2,1-2H3/b14-6-. The molecular weight excluding hydrogens is 313 g/mol. The Hall–Kier alpha value is -2.23. The van der Waals surface area contributed by atoms with Crippen LogP contribution >= 0.6 is 0 Å². The summed E-state index contributed by atoms with van der Waals surface area (Å²) < 4.78 is 45.8. The molecule has 0 aliphatic heterocycles. The number of allylic oxidation sites excluding steroid dienone is 2. The summed E-state index contributed by atoms with van der Waals surface area (Å²) >= 11 is 0. The molecule has 0 saturated carbocycles. The van der Waals surface area contributed by atoms with Crippen LogP contribution in [-0.4, -0.2) is 6.61 Å². The lowest BCUT2D eigenvalue weighted by atomic mass is 10.0. The minimum Gasteiger partial charge on any atom is -0.491 e. The second-order valence-electron chi connectivity index (χ2n) is 5.55. The smallest absolute Gasteiger partial charge is 0.201 e. The van der Waals surface area contributed by atoms with Crippen LogP contribution in [0.4, 0.5) is 13.2 Å². The van der Waals surface area contributed by atoms with Gasteiger partial charge in [0.1, 0.15) is 0 Å². The zero-order valence-corrected chi connectivity index (χ0v) is 13.9. The van der Waals surface area contributed by atoms with Gasteiger partial charge in [0.25, 0.3) is 0 Å². The molecule has 0 radical (unpaired) electrons. The normalized spacial score (nSPS) is 11.6. The third kappa shape index (κ3) is 4.63. The van der Waals surface area contributed by atoms with Crippen LogP contribution in [0.5, 0.6) is 5.75 Å². The van der Waals surface area contributed by atoms with E-state index in [1.807, 2.05) is 12.1 Å². The van der Waals surface area contributed by atoms with E-state index in [0.717, 1.165) is 18.4 Å². The van der Waals surface area contributed by atoms with Crippen molar-refractivity contribution < 1.29 is 17.9 Å². The minimum atomic E-state index is -0.966. The molecule has 4 heteroatoms. The highest BCUT2D eigenvalue weighted by atomic mass is 19.2. The predicted octanol–water partition coefficient (Wildman–Crippen LogP) is 6.23. The maximum Gasteiger partial charge on any atom is 0.201 e. The van der Waals surface area contributed by atoms with Crippen molar-refractivity contribution in [2.45, 2.75) is 33.1 Å². The van der Waals surface area contributed by atoms with E-state index in [9.17, 15) is 13.2 Å². The number of rotatable bonds is 7. The first-order valence-electron chi connectivity index (χ1n) is 8.05. The van der Waals surface area contributed by atoms with Gasteiger partial charge in [0.15, 0.2) is 11.6 Å². The van der Waals surface area contributed by atoms with Crippen LogP contribution in [0.2, 0.25) is 0 Å². The lowest BCUT2D eigenvalue weighted by Gasteiger charge is -2.10. The van der Waals surface area contributed by atoms with Crippen LogP contribution < -0.4 is 4.74 Å². The third-order valence-corrected chi connectivity index (χ3v) is 3.71. The van der Waals surface area contributed by atoms with Crippen molar-refractivity contribution in [1.29, 1.82) is 0 Å². The van der Waals surface area contributed by atoms with Crippen molar-refractivity contribution in [3.8, 4) is 16.9 Å². The fourth-order valence-electron chi connectivity index (χ4n) is 2.48. The van der Waals surface area contributed by atoms with E-state index < -0.39 is 11.6 Å². The van der Waals surface area contributed by atoms with Gasteiger partial charge in [0.2, 0.25) is 5.82 Å². The Balaban J connectivity index is 2.10. The number of hydrogen-bond acceptors (Lipinski definition) is 1. The third-order valence-electron chi connectivity index (χ3n) is 3.71. The molecule has 0 atom stereocenters. The molecule has 0 N–H and O–H groups in total. The van der Waals surface area contributed by atoms with Gasteiger partial charge in [0, 0.05) is 5.56 Å². The van der Waals surface area contributed by atoms with E-state index in [2.05, 4.69) is 0 Å². The van der Waals surface area contributed by atoms with Gasteiger partial charge in [-0.15, -0.1) is 0 Å². The zero-order valence-electron chi connectivity index (χ0n) is 13.9. The highest BCUT2D eigenvalue weighted by Crippen LogP contribution is 2.30. The Morgan fingerprint density at radius 1 is 1.04 bits per heavy atom. The van der Waals surface area contributed by atoms with Crippen LogP contribution in [0, 0.1) is 11.6 Å². The second kappa shape index (κ2) is 8.57.